The highest BCUT2D eigenvalue weighted by molar-refractivity contribution is 7.13. The molecule has 0 saturated heterocycles. The molecule has 1 aromatic carbocycles. The molecule has 0 fully saturated rings. The first-order valence-electron chi connectivity index (χ1n) is 7.36. The lowest BCUT2D eigenvalue weighted by Crippen LogP contribution is -2.14. The lowest BCUT2D eigenvalue weighted by Gasteiger charge is -2.05. The van der Waals surface area contributed by atoms with Gasteiger partial charge in [-0.15, -0.1) is 11.3 Å². The van der Waals surface area contributed by atoms with Crippen molar-refractivity contribution >= 4 is 22.4 Å². The minimum absolute atomic E-state index is 0.159. The lowest BCUT2D eigenvalue weighted by atomic mass is 10.2. The Kier molecular flexibility index (Phi) is 4.25. The first-order chi connectivity index (χ1) is 11.0. The van der Waals surface area contributed by atoms with E-state index in [1.165, 1.54) is 11.3 Å². The lowest BCUT2D eigenvalue weighted by molar-refractivity contribution is 0.102. The number of thiazole rings is 1. The van der Waals surface area contributed by atoms with E-state index in [1.807, 2.05) is 49.0 Å². The highest BCUT2D eigenvalue weighted by Gasteiger charge is 2.19. The molecule has 1 amide bonds. The van der Waals surface area contributed by atoms with Crippen LogP contribution in [-0.2, 0) is 6.54 Å². The molecule has 2 heterocycles. The topological polar surface area (TPSA) is 59.8 Å². The molecule has 0 atom stereocenters. The summed E-state index contributed by atoms with van der Waals surface area (Å²) in [6, 6.07) is 10.1. The summed E-state index contributed by atoms with van der Waals surface area (Å²) in [6.07, 6.45) is 0. The molecule has 3 aromatic rings. The maximum absolute atomic E-state index is 12.5. The largest absolute Gasteiger partial charge is 0.298 e. The Morgan fingerprint density at radius 2 is 1.96 bits per heavy atom. The van der Waals surface area contributed by atoms with Crippen molar-refractivity contribution in [2.24, 2.45) is 0 Å². The smallest absolute Gasteiger partial charge is 0.261 e. The van der Waals surface area contributed by atoms with E-state index in [0.29, 0.717) is 17.2 Å². The van der Waals surface area contributed by atoms with Gasteiger partial charge in [-0.1, -0.05) is 30.3 Å². The van der Waals surface area contributed by atoms with Gasteiger partial charge in [0.1, 0.15) is 0 Å². The second-order valence-electron chi connectivity index (χ2n) is 5.44. The van der Waals surface area contributed by atoms with E-state index in [0.717, 1.165) is 22.6 Å². The van der Waals surface area contributed by atoms with Gasteiger partial charge in [0.25, 0.3) is 5.91 Å². The number of hydrogen-bond donors (Lipinski definition) is 1. The van der Waals surface area contributed by atoms with Crippen molar-refractivity contribution in [3.05, 3.63) is 63.9 Å². The van der Waals surface area contributed by atoms with Crippen LogP contribution in [-0.4, -0.2) is 20.7 Å². The molecule has 5 nitrogen and oxygen atoms in total. The van der Waals surface area contributed by atoms with E-state index in [-0.39, 0.29) is 5.91 Å². The van der Waals surface area contributed by atoms with Crippen molar-refractivity contribution in [2.75, 3.05) is 5.32 Å². The van der Waals surface area contributed by atoms with Gasteiger partial charge in [-0.3, -0.25) is 14.8 Å². The number of carbonyl (C=O) groups excluding carboxylic acids is 1. The first kappa shape index (κ1) is 15.4. The van der Waals surface area contributed by atoms with Crippen molar-refractivity contribution in [3.8, 4) is 0 Å². The van der Waals surface area contributed by atoms with Gasteiger partial charge in [0.2, 0.25) is 0 Å². The van der Waals surface area contributed by atoms with E-state index in [2.05, 4.69) is 27.5 Å². The van der Waals surface area contributed by atoms with Gasteiger partial charge in [-0.25, -0.2) is 4.98 Å². The number of carbonyl (C=O) groups is 1. The number of nitrogens with one attached hydrogen (secondary N) is 1. The molecule has 2 aromatic heterocycles. The molecule has 0 radical (unpaired) electrons. The maximum Gasteiger partial charge on any atom is 0.261 e. The number of nitrogens with zero attached hydrogens (tertiary/aromatic N) is 3. The molecule has 0 bridgehead atoms. The molecule has 0 saturated carbocycles. The molecule has 23 heavy (non-hydrogen) atoms. The van der Waals surface area contributed by atoms with Crippen LogP contribution in [0.3, 0.4) is 0 Å². The summed E-state index contributed by atoms with van der Waals surface area (Å²) in [5.74, 6) is -0.159. The van der Waals surface area contributed by atoms with Crippen LogP contribution in [0.1, 0.15) is 33.0 Å². The van der Waals surface area contributed by atoms with Gasteiger partial charge < -0.3 is 0 Å². The SMILES string of the molecule is Cc1csc(NC(=O)c2c(C)nn(Cc3ccccc3)c2C)n1. The van der Waals surface area contributed by atoms with Crippen molar-refractivity contribution in [1.29, 1.82) is 0 Å². The van der Waals surface area contributed by atoms with E-state index in [4.69, 9.17) is 0 Å². The number of hydrogen-bond acceptors (Lipinski definition) is 4. The molecule has 0 unspecified atom stereocenters. The third kappa shape index (κ3) is 3.32. The third-order valence-electron chi connectivity index (χ3n) is 3.62. The summed E-state index contributed by atoms with van der Waals surface area (Å²) in [4.78, 5) is 16.8. The number of rotatable bonds is 4. The highest BCUT2D eigenvalue weighted by atomic mass is 32.1. The van der Waals surface area contributed by atoms with Crippen molar-refractivity contribution in [2.45, 2.75) is 27.3 Å². The van der Waals surface area contributed by atoms with Gasteiger partial charge in [0, 0.05) is 11.1 Å². The Bertz CT molecular complexity index is 836. The molecular formula is C17H18N4OS. The molecule has 0 aliphatic carbocycles. The van der Waals surface area contributed by atoms with Crippen LogP contribution in [0.25, 0.3) is 0 Å². The predicted molar refractivity (Wildman–Crippen MR) is 92.0 cm³/mol. The molecule has 1 N–H and O–H groups in total. The number of amides is 1. The van der Waals surface area contributed by atoms with Crippen molar-refractivity contribution in [1.82, 2.24) is 14.8 Å². The minimum Gasteiger partial charge on any atom is -0.298 e. The predicted octanol–water partition coefficient (Wildman–Crippen LogP) is 3.57. The van der Waals surface area contributed by atoms with Crippen molar-refractivity contribution < 1.29 is 4.79 Å². The van der Waals surface area contributed by atoms with E-state index < -0.39 is 0 Å². The maximum atomic E-state index is 12.5. The van der Waals surface area contributed by atoms with Gasteiger partial charge in [-0.05, 0) is 26.3 Å². The number of aromatic nitrogens is 3. The standard InChI is InChI=1S/C17H18N4OS/c1-11-10-23-17(18-11)19-16(22)15-12(2)20-21(13(15)3)9-14-7-5-4-6-8-14/h4-8,10H,9H2,1-3H3,(H,18,19,22). The fourth-order valence-corrected chi connectivity index (χ4v) is 3.19. The van der Waals surface area contributed by atoms with E-state index in [1.54, 1.807) is 0 Å². The van der Waals surface area contributed by atoms with Crippen LogP contribution >= 0.6 is 11.3 Å². The average Bonchev–Trinajstić information content (AvgIpc) is 3.04. The van der Waals surface area contributed by atoms with Crippen molar-refractivity contribution in [3.63, 3.8) is 0 Å². The van der Waals surface area contributed by atoms with Crippen LogP contribution in [0.5, 0.6) is 0 Å². The molecule has 0 aliphatic rings. The molecule has 6 heteroatoms. The summed E-state index contributed by atoms with van der Waals surface area (Å²) >= 11 is 1.42. The Balaban J connectivity index is 1.84. The van der Waals surface area contributed by atoms with Gasteiger partial charge in [0.05, 0.1) is 23.5 Å². The van der Waals surface area contributed by atoms with Gasteiger partial charge in [0.15, 0.2) is 5.13 Å². The highest BCUT2D eigenvalue weighted by Crippen LogP contribution is 2.19. The molecule has 3 rings (SSSR count). The third-order valence-corrected chi connectivity index (χ3v) is 4.50. The summed E-state index contributed by atoms with van der Waals surface area (Å²) in [5, 5.41) is 9.89. The van der Waals surface area contributed by atoms with E-state index >= 15 is 0 Å². The van der Waals surface area contributed by atoms with Crippen LogP contribution in [0.15, 0.2) is 35.7 Å². The van der Waals surface area contributed by atoms with Gasteiger partial charge in [-0.2, -0.15) is 5.10 Å². The molecule has 0 spiro atoms. The van der Waals surface area contributed by atoms with Crippen LogP contribution < -0.4 is 5.32 Å². The summed E-state index contributed by atoms with van der Waals surface area (Å²) in [7, 11) is 0. The Hall–Kier alpha value is -2.47. The fraction of sp³-hybridized carbons (Fsp3) is 0.235. The zero-order valence-electron chi connectivity index (χ0n) is 13.3. The molecular weight excluding hydrogens is 308 g/mol. The van der Waals surface area contributed by atoms with Crippen LogP contribution in [0.2, 0.25) is 0 Å². The summed E-state index contributed by atoms with van der Waals surface area (Å²) in [6.45, 7) is 6.33. The normalized spacial score (nSPS) is 10.7. The fourth-order valence-electron chi connectivity index (χ4n) is 2.51. The van der Waals surface area contributed by atoms with E-state index in [9.17, 15) is 4.79 Å². The van der Waals surface area contributed by atoms with Gasteiger partial charge >= 0.3 is 0 Å². The first-order valence-corrected chi connectivity index (χ1v) is 8.24. The minimum atomic E-state index is -0.159. The molecule has 0 aliphatic heterocycles. The zero-order valence-corrected chi connectivity index (χ0v) is 14.1. The molecule has 118 valence electrons. The monoisotopic (exact) mass is 326 g/mol. The van der Waals surface area contributed by atoms with Crippen LogP contribution in [0.4, 0.5) is 5.13 Å². The second kappa shape index (κ2) is 6.34. The summed E-state index contributed by atoms with van der Waals surface area (Å²) < 4.78 is 1.87. The number of benzene rings is 1. The summed E-state index contributed by atoms with van der Waals surface area (Å²) in [5.41, 5.74) is 4.26. The quantitative estimate of drug-likeness (QED) is 0.797. The Labute approximate surface area is 139 Å². The number of aryl methyl sites for hydroxylation is 2. The Morgan fingerprint density at radius 1 is 1.22 bits per heavy atom. The average molecular weight is 326 g/mol. The Morgan fingerprint density at radius 3 is 2.61 bits per heavy atom. The zero-order chi connectivity index (χ0) is 16.4. The number of anilines is 1. The van der Waals surface area contributed by atoms with Crippen LogP contribution in [0, 0.1) is 20.8 Å². The second-order valence-corrected chi connectivity index (χ2v) is 6.30.